The van der Waals surface area contributed by atoms with Crippen LogP contribution in [0.2, 0.25) is 0 Å². The molecule has 110 valence electrons. The highest BCUT2D eigenvalue weighted by atomic mass is 79.9. The van der Waals surface area contributed by atoms with Crippen LogP contribution < -0.4 is 0 Å². The van der Waals surface area contributed by atoms with Gasteiger partial charge < -0.3 is 15.0 Å². The van der Waals surface area contributed by atoms with Crippen molar-refractivity contribution in [1.29, 1.82) is 0 Å². The lowest BCUT2D eigenvalue weighted by Gasteiger charge is -2.25. The normalized spacial score (nSPS) is 15.9. The Balaban J connectivity index is 1.95. The fourth-order valence-electron chi connectivity index (χ4n) is 2.49. The third-order valence-corrected chi connectivity index (χ3v) is 4.26. The maximum atomic E-state index is 12.6. The van der Waals surface area contributed by atoms with E-state index in [-0.39, 0.29) is 11.9 Å². The summed E-state index contributed by atoms with van der Waals surface area (Å²) >= 11 is 3.40. The maximum absolute atomic E-state index is 12.6. The minimum absolute atomic E-state index is 0.0433. The van der Waals surface area contributed by atoms with Gasteiger partial charge >= 0.3 is 5.97 Å². The molecule has 6 heteroatoms. The molecule has 1 amide bonds. The minimum Gasteiger partial charge on any atom is -0.480 e. The second-order valence-electron chi connectivity index (χ2n) is 5.37. The Morgan fingerprint density at radius 2 is 2.10 bits per heavy atom. The molecule has 1 atom stereocenters. The molecule has 1 saturated carbocycles. The second kappa shape index (κ2) is 5.18. The van der Waals surface area contributed by atoms with Gasteiger partial charge in [0.15, 0.2) is 0 Å². The van der Waals surface area contributed by atoms with E-state index < -0.39 is 12.0 Å². The molecule has 1 unspecified atom stereocenters. The zero-order chi connectivity index (χ0) is 15.1. The molecular weight excluding hydrogens is 336 g/mol. The van der Waals surface area contributed by atoms with Crippen LogP contribution in [0, 0.1) is 0 Å². The van der Waals surface area contributed by atoms with E-state index >= 15 is 0 Å². The summed E-state index contributed by atoms with van der Waals surface area (Å²) in [5, 5.41) is 10.1. The monoisotopic (exact) mass is 350 g/mol. The van der Waals surface area contributed by atoms with Crippen LogP contribution in [-0.4, -0.2) is 39.0 Å². The van der Waals surface area contributed by atoms with Crippen LogP contribution in [-0.2, 0) is 4.79 Å². The standard InChI is InChI=1S/C15H15BrN2O3/c1-8(15(20)21)18(11-3-4-11)14(19)13-7-9-6-10(16)2-5-12(9)17-13/h2,5-8,11,17H,3-4H2,1H3,(H,20,21). The fourth-order valence-corrected chi connectivity index (χ4v) is 2.87. The zero-order valence-corrected chi connectivity index (χ0v) is 13.1. The first-order chi connectivity index (χ1) is 9.97. The summed E-state index contributed by atoms with van der Waals surface area (Å²) < 4.78 is 0.936. The first-order valence-electron chi connectivity index (χ1n) is 6.81. The molecule has 1 aliphatic rings. The number of hydrogen-bond donors (Lipinski definition) is 2. The largest absolute Gasteiger partial charge is 0.480 e. The van der Waals surface area contributed by atoms with E-state index in [0.29, 0.717) is 5.69 Å². The van der Waals surface area contributed by atoms with Gasteiger partial charge in [-0.15, -0.1) is 0 Å². The number of aromatic nitrogens is 1. The summed E-state index contributed by atoms with van der Waals surface area (Å²) in [6.07, 6.45) is 1.74. The second-order valence-corrected chi connectivity index (χ2v) is 6.29. The van der Waals surface area contributed by atoms with Crippen LogP contribution in [0.5, 0.6) is 0 Å². The number of H-pyrrole nitrogens is 1. The van der Waals surface area contributed by atoms with Crippen LogP contribution in [0.25, 0.3) is 10.9 Å². The molecule has 2 N–H and O–H groups in total. The van der Waals surface area contributed by atoms with Gasteiger partial charge in [0, 0.05) is 21.4 Å². The Hall–Kier alpha value is -1.82. The average molecular weight is 351 g/mol. The van der Waals surface area contributed by atoms with Crippen LogP contribution in [0.4, 0.5) is 0 Å². The quantitative estimate of drug-likeness (QED) is 0.889. The predicted molar refractivity (Wildman–Crippen MR) is 82.3 cm³/mol. The van der Waals surface area contributed by atoms with Crippen LogP contribution >= 0.6 is 15.9 Å². The van der Waals surface area contributed by atoms with E-state index in [1.165, 1.54) is 4.90 Å². The van der Waals surface area contributed by atoms with Gasteiger partial charge in [0.2, 0.25) is 0 Å². The molecule has 3 rings (SSSR count). The number of hydrogen-bond acceptors (Lipinski definition) is 2. The van der Waals surface area contributed by atoms with Crippen molar-refractivity contribution in [1.82, 2.24) is 9.88 Å². The van der Waals surface area contributed by atoms with Gasteiger partial charge in [-0.3, -0.25) is 4.79 Å². The summed E-state index contributed by atoms with van der Waals surface area (Å²) in [6.45, 7) is 1.55. The third kappa shape index (κ3) is 2.68. The number of aliphatic carboxylic acids is 1. The summed E-state index contributed by atoms with van der Waals surface area (Å²) in [5.41, 5.74) is 1.29. The smallest absolute Gasteiger partial charge is 0.326 e. The lowest BCUT2D eigenvalue weighted by Crippen LogP contribution is -2.44. The van der Waals surface area contributed by atoms with E-state index in [1.807, 2.05) is 18.2 Å². The van der Waals surface area contributed by atoms with Gasteiger partial charge in [-0.05, 0) is 44.0 Å². The van der Waals surface area contributed by atoms with Crippen molar-refractivity contribution in [3.05, 3.63) is 34.4 Å². The summed E-state index contributed by atoms with van der Waals surface area (Å²) in [6, 6.07) is 6.70. The Kier molecular flexibility index (Phi) is 3.49. The Labute approximate surface area is 130 Å². The van der Waals surface area contributed by atoms with Crippen LogP contribution in [0.15, 0.2) is 28.7 Å². The third-order valence-electron chi connectivity index (χ3n) is 3.76. The van der Waals surface area contributed by atoms with Gasteiger partial charge in [-0.25, -0.2) is 4.79 Å². The number of carbonyl (C=O) groups excluding carboxylic acids is 1. The summed E-state index contributed by atoms with van der Waals surface area (Å²) in [5.74, 6) is -1.23. The van der Waals surface area contributed by atoms with E-state index in [0.717, 1.165) is 28.2 Å². The molecule has 0 spiro atoms. The number of halogens is 1. The number of rotatable bonds is 4. The van der Waals surface area contributed by atoms with Crippen molar-refractivity contribution >= 4 is 38.7 Å². The first-order valence-corrected chi connectivity index (χ1v) is 7.60. The average Bonchev–Trinajstić information content (AvgIpc) is 3.17. The molecule has 0 saturated heterocycles. The summed E-state index contributed by atoms with van der Waals surface area (Å²) in [4.78, 5) is 28.4. The SMILES string of the molecule is CC(C(=O)O)N(C(=O)c1cc2cc(Br)ccc2[nH]1)C1CC1. The number of carboxylic acid groups (broad SMARTS) is 1. The van der Waals surface area contributed by atoms with Crippen molar-refractivity contribution in [3.63, 3.8) is 0 Å². The van der Waals surface area contributed by atoms with E-state index in [9.17, 15) is 14.7 Å². The van der Waals surface area contributed by atoms with Gasteiger partial charge in [-0.2, -0.15) is 0 Å². The van der Waals surface area contributed by atoms with Crippen molar-refractivity contribution in [2.75, 3.05) is 0 Å². The molecule has 2 aromatic rings. The molecule has 0 bridgehead atoms. The van der Waals surface area contributed by atoms with Crippen molar-refractivity contribution < 1.29 is 14.7 Å². The Morgan fingerprint density at radius 3 is 2.71 bits per heavy atom. The lowest BCUT2D eigenvalue weighted by atomic mass is 10.2. The molecule has 0 radical (unpaired) electrons. The number of fused-ring (bicyclic) bond motifs is 1. The molecule has 1 fully saturated rings. The zero-order valence-electron chi connectivity index (χ0n) is 11.5. The lowest BCUT2D eigenvalue weighted by molar-refractivity contribution is -0.141. The maximum Gasteiger partial charge on any atom is 0.326 e. The summed E-state index contributed by atoms with van der Waals surface area (Å²) in [7, 11) is 0. The highest BCUT2D eigenvalue weighted by Crippen LogP contribution is 2.31. The van der Waals surface area contributed by atoms with E-state index in [1.54, 1.807) is 13.0 Å². The number of carboxylic acids is 1. The van der Waals surface area contributed by atoms with E-state index in [2.05, 4.69) is 20.9 Å². The van der Waals surface area contributed by atoms with Crippen molar-refractivity contribution in [2.24, 2.45) is 0 Å². The van der Waals surface area contributed by atoms with Gasteiger partial charge in [0.1, 0.15) is 11.7 Å². The number of aromatic amines is 1. The topological polar surface area (TPSA) is 73.4 Å². The molecular formula is C15H15BrN2O3. The fraction of sp³-hybridized carbons (Fsp3) is 0.333. The molecule has 0 aliphatic heterocycles. The Bertz CT molecular complexity index is 721. The first kappa shape index (κ1) is 14.1. The molecule has 1 aromatic carbocycles. The number of nitrogens with one attached hydrogen (secondary N) is 1. The van der Waals surface area contributed by atoms with Crippen molar-refractivity contribution in [2.45, 2.75) is 31.8 Å². The van der Waals surface area contributed by atoms with E-state index in [4.69, 9.17) is 0 Å². The van der Waals surface area contributed by atoms with Gasteiger partial charge in [0.05, 0.1) is 0 Å². The molecule has 1 aromatic heterocycles. The molecule has 21 heavy (non-hydrogen) atoms. The number of benzene rings is 1. The van der Waals surface area contributed by atoms with Gasteiger partial charge in [0.25, 0.3) is 5.91 Å². The predicted octanol–water partition coefficient (Wildman–Crippen LogP) is 3.01. The molecule has 1 aliphatic carbocycles. The molecule has 5 nitrogen and oxygen atoms in total. The highest BCUT2D eigenvalue weighted by Gasteiger charge is 2.39. The van der Waals surface area contributed by atoms with Crippen molar-refractivity contribution in [3.8, 4) is 0 Å². The number of carbonyl (C=O) groups is 2. The Morgan fingerprint density at radius 1 is 1.38 bits per heavy atom. The van der Waals surface area contributed by atoms with Crippen LogP contribution in [0.3, 0.4) is 0 Å². The number of amides is 1. The molecule has 1 heterocycles. The highest BCUT2D eigenvalue weighted by molar-refractivity contribution is 9.10. The van der Waals surface area contributed by atoms with Gasteiger partial charge in [-0.1, -0.05) is 15.9 Å². The number of nitrogens with zero attached hydrogens (tertiary/aromatic N) is 1. The minimum atomic E-state index is -0.978. The van der Waals surface area contributed by atoms with Crippen LogP contribution in [0.1, 0.15) is 30.3 Å².